The zero-order valence-corrected chi connectivity index (χ0v) is 40.5. The fourth-order valence-electron chi connectivity index (χ4n) is 7.75. The Morgan fingerprint density at radius 2 is 1.06 bits per heavy atom. The Kier molecular flexibility index (Phi) is 25.7. The van der Waals surface area contributed by atoms with E-state index in [2.05, 4.69) is 49.8 Å². The predicted octanol–water partition coefficient (Wildman–Crippen LogP) is 3.00. The molecule has 0 aromatic carbocycles. The van der Waals surface area contributed by atoms with Gasteiger partial charge in [-0.3, -0.25) is 19.2 Å². The van der Waals surface area contributed by atoms with Crippen molar-refractivity contribution in [1.82, 2.24) is 0 Å². The van der Waals surface area contributed by atoms with Gasteiger partial charge in [0.1, 0.15) is 77.7 Å². The Hall–Kier alpha value is -4.00. The van der Waals surface area contributed by atoms with E-state index >= 15 is 0 Å². The Morgan fingerprint density at radius 3 is 1.52 bits per heavy atom. The van der Waals surface area contributed by atoms with Crippen LogP contribution in [-0.2, 0) is 90.5 Å². The van der Waals surface area contributed by atoms with Crippen LogP contribution in [0.1, 0.15) is 55.4 Å². The number of aliphatic hydroxyl groups excluding tert-OH is 1. The summed E-state index contributed by atoms with van der Waals surface area (Å²) < 4.78 is 60.7. The Morgan fingerprint density at radius 1 is 0.642 bits per heavy atom. The summed E-state index contributed by atoms with van der Waals surface area (Å²) in [7, 11) is 0. The highest BCUT2D eigenvalue weighted by molar-refractivity contribution is 9.09. The maximum absolute atomic E-state index is 11.7. The summed E-state index contributed by atoms with van der Waals surface area (Å²) >= 11 is 14.4. The van der Waals surface area contributed by atoms with E-state index < -0.39 is 97.7 Å². The minimum absolute atomic E-state index is 0.0217. The monoisotopic (exact) mass is 1060 g/mol. The first-order valence-corrected chi connectivity index (χ1v) is 22.4. The number of aliphatic hydroxyl groups is 1. The van der Waals surface area contributed by atoms with Crippen molar-refractivity contribution in [2.75, 3.05) is 25.0 Å². The molecule has 6 rings (SSSR count). The van der Waals surface area contributed by atoms with Crippen LogP contribution in [0.25, 0.3) is 20.9 Å². The van der Waals surface area contributed by atoms with E-state index in [4.69, 9.17) is 106 Å². The molecule has 6 aliphatic heterocycles. The van der Waals surface area contributed by atoms with E-state index in [1.807, 2.05) is 20.8 Å². The Balaban J connectivity index is 0.000000351. The molecule has 26 nitrogen and oxygen atoms in total. The molecule has 1 N–H and O–H groups in total. The van der Waals surface area contributed by atoms with Gasteiger partial charge in [0.05, 0.1) is 25.4 Å². The van der Waals surface area contributed by atoms with Gasteiger partial charge < -0.3 is 57.2 Å². The zero-order chi connectivity index (χ0) is 50.7. The van der Waals surface area contributed by atoms with Crippen molar-refractivity contribution in [3.05, 3.63) is 20.9 Å². The second-order valence-corrected chi connectivity index (χ2v) is 17.0. The summed E-state index contributed by atoms with van der Waals surface area (Å²) in [5.41, 5.74) is 17.3. The molecule has 29 heteroatoms. The number of halogens is 3. The van der Waals surface area contributed by atoms with Crippen LogP contribution in [0.4, 0.5) is 0 Å². The van der Waals surface area contributed by atoms with Crippen LogP contribution in [0, 0.1) is 23.7 Å². The fourth-order valence-corrected chi connectivity index (χ4v) is 8.69. The second kappa shape index (κ2) is 29.1. The summed E-state index contributed by atoms with van der Waals surface area (Å²) in [6, 6.07) is -1.75. The SMILES string of the molecule is CC(=O)O[C@H]1C(N=[N+]=[N-])[C@@H]2OCC(O2)[C@H]1O.CC(=O)O[C@H]1C(N=[N+]=[N-])[C@@H]2OCC(O2)[C@H]1O[C@@H]1OC(C)[C@@H](OC(=O)CCl)[C@H](C)C1C.CC1O[C@H](Br)C(C)[C@@H](C)[C@@H]1OC(=O)CCl.O=C=O.O=C=O. The van der Waals surface area contributed by atoms with E-state index in [1.165, 1.54) is 13.8 Å². The molecule has 6 heterocycles. The highest BCUT2D eigenvalue weighted by Gasteiger charge is 2.55. The van der Waals surface area contributed by atoms with Gasteiger partial charge in [-0.05, 0) is 30.8 Å². The molecular formula is C38H53BrCl2N6O20. The summed E-state index contributed by atoms with van der Waals surface area (Å²) in [6.07, 6.45) is -7.68. The highest BCUT2D eigenvalue weighted by atomic mass is 79.9. The largest absolute Gasteiger partial charge is 0.459 e. The number of carbonyl (C=O) groups is 4. The maximum atomic E-state index is 11.7. The molecule has 4 bridgehead atoms. The van der Waals surface area contributed by atoms with Gasteiger partial charge in [-0.25, -0.2) is 0 Å². The third-order valence-corrected chi connectivity index (χ3v) is 12.8. The number of hydrogen-bond acceptors (Lipinski definition) is 22. The van der Waals surface area contributed by atoms with Crippen LogP contribution >= 0.6 is 39.1 Å². The number of nitrogens with zero attached hydrogens (tertiary/aromatic N) is 6. The first kappa shape index (κ1) is 59.1. The van der Waals surface area contributed by atoms with E-state index in [1.54, 1.807) is 6.92 Å². The van der Waals surface area contributed by atoms with E-state index in [0.717, 1.165) is 0 Å². The average Bonchev–Trinajstić information content (AvgIpc) is 3.93. The van der Waals surface area contributed by atoms with Crippen molar-refractivity contribution in [3.63, 3.8) is 0 Å². The molecule has 8 unspecified atom stereocenters. The molecule has 67 heavy (non-hydrogen) atoms. The number of azide groups is 2. The van der Waals surface area contributed by atoms with Crippen molar-refractivity contribution < 1.29 is 95.6 Å². The number of alkyl halides is 3. The third kappa shape index (κ3) is 16.6. The molecule has 6 aliphatic rings. The number of esters is 4. The lowest BCUT2D eigenvalue weighted by Crippen LogP contribution is -2.59. The maximum Gasteiger partial charge on any atom is 0.373 e. The molecular weight excluding hydrogens is 1010 g/mol. The van der Waals surface area contributed by atoms with E-state index in [9.17, 15) is 24.3 Å². The van der Waals surface area contributed by atoms with Crippen molar-refractivity contribution in [2.24, 2.45) is 33.9 Å². The molecule has 0 spiro atoms. The van der Waals surface area contributed by atoms with E-state index in [0.29, 0.717) is 5.92 Å². The van der Waals surface area contributed by atoms with Gasteiger partial charge in [0, 0.05) is 41.4 Å². The van der Waals surface area contributed by atoms with Gasteiger partial charge in [-0.15, -0.1) is 23.2 Å². The van der Waals surface area contributed by atoms with Gasteiger partial charge in [0.2, 0.25) is 0 Å². The molecule has 20 atom stereocenters. The quantitative estimate of drug-likeness (QED) is 0.0820. The summed E-state index contributed by atoms with van der Waals surface area (Å²) in [4.78, 5) is 83.3. The van der Waals surface area contributed by atoms with Gasteiger partial charge in [0.25, 0.3) is 0 Å². The van der Waals surface area contributed by atoms with Crippen molar-refractivity contribution in [3.8, 4) is 0 Å². The van der Waals surface area contributed by atoms with Crippen molar-refractivity contribution in [2.45, 2.75) is 152 Å². The molecule has 0 aromatic heterocycles. The topological polar surface area (TPSA) is 356 Å². The molecule has 0 saturated carbocycles. The Labute approximate surface area is 401 Å². The number of ether oxygens (including phenoxy) is 11. The zero-order valence-electron chi connectivity index (χ0n) is 37.4. The van der Waals surface area contributed by atoms with Gasteiger partial charge >= 0.3 is 36.2 Å². The number of carbonyl (C=O) groups excluding carboxylic acids is 8. The molecule has 0 aromatic rings. The number of rotatable bonds is 10. The smallest absolute Gasteiger partial charge is 0.373 e. The fraction of sp³-hybridized carbons (Fsp3) is 0.842. The van der Waals surface area contributed by atoms with Gasteiger partial charge in [-0.2, -0.15) is 19.2 Å². The summed E-state index contributed by atoms with van der Waals surface area (Å²) in [6.45, 7) is 14.5. The van der Waals surface area contributed by atoms with Crippen LogP contribution in [0.3, 0.4) is 0 Å². The normalized spacial score (nSPS) is 38.5. The molecule has 6 saturated heterocycles. The van der Waals surface area contributed by atoms with Gasteiger partial charge in [-0.1, -0.05) is 53.9 Å². The van der Waals surface area contributed by atoms with Crippen LogP contribution in [-0.4, -0.2) is 163 Å². The second-order valence-electron chi connectivity index (χ2n) is 15.6. The molecule has 0 aliphatic carbocycles. The van der Waals surface area contributed by atoms with Crippen molar-refractivity contribution >= 4 is 75.3 Å². The van der Waals surface area contributed by atoms with Crippen molar-refractivity contribution in [1.29, 1.82) is 0 Å². The standard InChI is InChI=1S/C18H26ClN3O8.C10H16BrClO3.C8H11N3O5.2CO2/c1-7-8(2)17(26-9(3)14(7)29-12(24)5-19)30-15-11-6-25-18(28-11)13(21-22-20)16(15)27-10(4)23;1-5-6(2)10(11)14-7(3)9(5)15-8(13)4-12;1-3(12)15-7-5(10-11-9)8-14-2-4(16-8)6(7)13;2*2-1-3/h7-9,11,13-18H,5-6H2,1-4H3;5-7,9-10H,4H2,1-3H3;4-8,13H,2H2,1H3;;/t7-,8?,9?,11?,13?,14+,15-,16+,17+,18-;5-,6?,7?,9+,10+;4?,5?,6-,7+,8-;;/m111../s1. The first-order chi connectivity index (χ1) is 31.7. The summed E-state index contributed by atoms with van der Waals surface area (Å²) in [5.74, 6) is -2.06. The van der Waals surface area contributed by atoms with Crippen LogP contribution < -0.4 is 0 Å². The number of hydrogen-bond donors (Lipinski definition) is 1. The minimum Gasteiger partial charge on any atom is -0.459 e. The van der Waals surface area contributed by atoms with Gasteiger partial charge in [0.15, 0.2) is 18.9 Å². The highest BCUT2D eigenvalue weighted by Crippen LogP contribution is 2.40. The average molecular weight is 1060 g/mol. The van der Waals surface area contributed by atoms with Crippen LogP contribution in [0.2, 0.25) is 0 Å². The first-order valence-electron chi connectivity index (χ1n) is 20.4. The number of fused-ring (bicyclic) bond motifs is 4. The molecule has 6 fully saturated rings. The summed E-state index contributed by atoms with van der Waals surface area (Å²) in [5, 5.41) is 17.0. The molecule has 0 amide bonds. The molecule has 0 radical (unpaired) electrons. The lowest BCUT2D eigenvalue weighted by molar-refractivity contribution is -0.305. The third-order valence-electron chi connectivity index (χ3n) is 11.3. The lowest BCUT2D eigenvalue weighted by Gasteiger charge is -2.46. The van der Waals surface area contributed by atoms with E-state index in [-0.39, 0.29) is 78.2 Å². The Bertz CT molecular complexity index is 1810. The predicted molar refractivity (Wildman–Crippen MR) is 223 cm³/mol. The molecule has 376 valence electrons. The van der Waals surface area contributed by atoms with Crippen LogP contribution in [0.15, 0.2) is 10.2 Å². The lowest BCUT2D eigenvalue weighted by atomic mass is 9.84. The minimum atomic E-state index is -1.04. The van der Waals surface area contributed by atoms with Crippen LogP contribution in [0.5, 0.6) is 0 Å².